The number of hydrazone groups is 1. The molecule has 1 aliphatic rings. The van der Waals surface area contributed by atoms with Crippen molar-refractivity contribution < 1.29 is 4.79 Å². The summed E-state index contributed by atoms with van der Waals surface area (Å²) in [6.45, 7) is 0.606. The molecule has 0 aromatic rings. The molecule has 8 heavy (non-hydrogen) atoms. The lowest BCUT2D eigenvalue weighted by atomic mass is 10.3. The van der Waals surface area contributed by atoms with Crippen molar-refractivity contribution in [2.45, 2.75) is 6.42 Å². The van der Waals surface area contributed by atoms with Crippen LogP contribution in [0.25, 0.3) is 0 Å². The van der Waals surface area contributed by atoms with Crippen molar-refractivity contribution in [3.63, 3.8) is 0 Å². The molecule has 0 radical (unpaired) electrons. The Balaban J connectivity index is 2.67. The number of Topliss-reactive ketones (excluding diaryl/α,β-unsaturated/α-hetero) is 1. The third-order valence-corrected chi connectivity index (χ3v) is 1.17. The van der Waals surface area contributed by atoms with Crippen LogP contribution in [0.4, 0.5) is 0 Å². The lowest BCUT2D eigenvalue weighted by molar-refractivity contribution is -0.113. The third-order valence-electron chi connectivity index (χ3n) is 0.871. The summed E-state index contributed by atoms with van der Waals surface area (Å²) in [5, 5.41) is 3.56. The van der Waals surface area contributed by atoms with E-state index in [9.17, 15) is 4.79 Å². The van der Waals surface area contributed by atoms with Crippen LogP contribution in [0.5, 0.6) is 0 Å². The Labute approximate surface area is 51.7 Å². The van der Waals surface area contributed by atoms with Crippen LogP contribution in [0.2, 0.25) is 0 Å². The summed E-state index contributed by atoms with van der Waals surface area (Å²) in [6, 6.07) is 0. The molecule has 0 aliphatic carbocycles. The first-order valence-corrected chi connectivity index (χ1v) is 2.68. The summed E-state index contributed by atoms with van der Waals surface area (Å²) in [5.74, 6) is -0.0783. The van der Waals surface area contributed by atoms with E-state index in [0.717, 1.165) is 0 Å². The number of nitrogens with zero attached hydrogens (tertiary/aromatic N) is 1. The van der Waals surface area contributed by atoms with E-state index in [-0.39, 0.29) is 11.0 Å². The van der Waals surface area contributed by atoms with Crippen molar-refractivity contribution in [3.05, 3.63) is 0 Å². The largest absolute Gasteiger partial charge is 0.308 e. The van der Waals surface area contributed by atoms with Crippen LogP contribution in [0.15, 0.2) is 5.10 Å². The molecule has 1 aliphatic heterocycles. The van der Waals surface area contributed by atoms with Crippen LogP contribution < -0.4 is 5.43 Å². The van der Waals surface area contributed by atoms with Gasteiger partial charge in [-0.1, -0.05) is 11.6 Å². The van der Waals surface area contributed by atoms with Crippen LogP contribution in [0.1, 0.15) is 6.42 Å². The van der Waals surface area contributed by atoms with Crippen LogP contribution >= 0.6 is 11.6 Å². The number of hydrogen-bond acceptors (Lipinski definition) is 3. The normalized spacial score (nSPS) is 19.6. The van der Waals surface area contributed by atoms with Crippen LogP contribution in [-0.4, -0.2) is 17.5 Å². The molecular formula is C4H5ClN2O. The van der Waals surface area contributed by atoms with E-state index in [2.05, 4.69) is 10.5 Å². The van der Waals surface area contributed by atoms with Gasteiger partial charge in [0.25, 0.3) is 0 Å². The van der Waals surface area contributed by atoms with Gasteiger partial charge in [0.2, 0.25) is 0 Å². The zero-order valence-electron chi connectivity index (χ0n) is 4.15. The fourth-order valence-corrected chi connectivity index (χ4v) is 0.614. The molecule has 0 spiro atoms. The van der Waals surface area contributed by atoms with E-state index < -0.39 is 0 Å². The first-order valence-electron chi connectivity index (χ1n) is 2.30. The van der Waals surface area contributed by atoms with Gasteiger partial charge < -0.3 is 5.43 Å². The molecule has 3 nitrogen and oxygen atoms in total. The molecule has 0 saturated heterocycles. The molecular weight excluding hydrogens is 128 g/mol. The van der Waals surface area contributed by atoms with Crippen molar-refractivity contribution in [1.29, 1.82) is 0 Å². The number of nitrogens with one attached hydrogen (secondary N) is 1. The first kappa shape index (κ1) is 5.56. The predicted molar refractivity (Wildman–Crippen MR) is 30.9 cm³/mol. The molecule has 1 heterocycles. The fourth-order valence-electron chi connectivity index (χ4n) is 0.460. The van der Waals surface area contributed by atoms with Gasteiger partial charge in [0.15, 0.2) is 11.0 Å². The Bertz CT molecular complexity index is 143. The van der Waals surface area contributed by atoms with Gasteiger partial charge in [-0.2, -0.15) is 5.10 Å². The minimum Gasteiger partial charge on any atom is -0.308 e. The van der Waals surface area contributed by atoms with Gasteiger partial charge in [-0.15, -0.1) is 0 Å². The molecule has 1 rings (SSSR count). The highest BCUT2D eigenvalue weighted by atomic mass is 35.5. The van der Waals surface area contributed by atoms with E-state index >= 15 is 0 Å². The SMILES string of the molecule is O=C1CCNN=C1Cl. The first-order chi connectivity index (χ1) is 3.80. The van der Waals surface area contributed by atoms with Gasteiger partial charge in [-0.3, -0.25) is 4.79 Å². The zero-order valence-corrected chi connectivity index (χ0v) is 4.90. The Morgan fingerprint density at radius 2 is 2.50 bits per heavy atom. The number of carbonyl (C=O) groups excluding carboxylic acids is 1. The fraction of sp³-hybridized carbons (Fsp3) is 0.500. The van der Waals surface area contributed by atoms with Gasteiger partial charge >= 0.3 is 0 Å². The molecule has 0 aromatic heterocycles. The monoisotopic (exact) mass is 132 g/mol. The molecule has 0 aromatic carbocycles. The third kappa shape index (κ3) is 0.980. The Morgan fingerprint density at radius 3 is 2.88 bits per heavy atom. The zero-order chi connectivity index (χ0) is 5.98. The lowest BCUT2D eigenvalue weighted by Gasteiger charge is -2.04. The van der Waals surface area contributed by atoms with E-state index in [4.69, 9.17) is 11.6 Å². The highest BCUT2D eigenvalue weighted by molar-refractivity contribution is 6.83. The summed E-state index contributed by atoms with van der Waals surface area (Å²) in [7, 11) is 0. The lowest BCUT2D eigenvalue weighted by Crippen LogP contribution is -2.24. The van der Waals surface area contributed by atoms with E-state index in [0.29, 0.717) is 13.0 Å². The number of hydrogen-bond donors (Lipinski definition) is 1. The maximum Gasteiger partial charge on any atom is 0.196 e. The summed E-state index contributed by atoms with van der Waals surface area (Å²) >= 11 is 5.31. The number of ketones is 1. The average molecular weight is 133 g/mol. The molecule has 4 heteroatoms. The smallest absolute Gasteiger partial charge is 0.196 e. The molecule has 0 fully saturated rings. The van der Waals surface area contributed by atoms with Crippen LogP contribution in [0, 0.1) is 0 Å². The minimum atomic E-state index is -0.0783. The Morgan fingerprint density at radius 1 is 1.75 bits per heavy atom. The summed E-state index contributed by atoms with van der Waals surface area (Å²) in [6.07, 6.45) is 0.461. The molecule has 1 N–H and O–H groups in total. The second-order valence-electron chi connectivity index (χ2n) is 1.48. The van der Waals surface area contributed by atoms with E-state index in [1.54, 1.807) is 0 Å². The number of halogens is 1. The van der Waals surface area contributed by atoms with Crippen molar-refractivity contribution >= 4 is 22.6 Å². The van der Waals surface area contributed by atoms with Crippen molar-refractivity contribution in [2.75, 3.05) is 6.54 Å². The summed E-state index contributed by atoms with van der Waals surface area (Å²) in [5.41, 5.74) is 2.60. The molecule has 0 bridgehead atoms. The van der Waals surface area contributed by atoms with Gasteiger partial charge in [-0.25, -0.2) is 0 Å². The van der Waals surface area contributed by atoms with Gasteiger partial charge in [-0.05, 0) is 0 Å². The summed E-state index contributed by atoms with van der Waals surface area (Å²) < 4.78 is 0. The average Bonchev–Trinajstić information content (AvgIpc) is 1.77. The Kier molecular flexibility index (Phi) is 1.48. The molecule has 0 atom stereocenters. The predicted octanol–water partition coefficient (Wildman–Crippen LogP) is 0.101. The van der Waals surface area contributed by atoms with Crippen molar-refractivity contribution in [2.24, 2.45) is 5.10 Å². The van der Waals surface area contributed by atoms with E-state index in [1.165, 1.54) is 0 Å². The molecule has 0 saturated carbocycles. The molecule has 0 amide bonds. The maximum atomic E-state index is 10.5. The van der Waals surface area contributed by atoms with Crippen molar-refractivity contribution in [1.82, 2.24) is 5.43 Å². The highest BCUT2D eigenvalue weighted by Gasteiger charge is 2.11. The number of rotatable bonds is 0. The summed E-state index contributed by atoms with van der Waals surface area (Å²) in [4.78, 5) is 10.5. The van der Waals surface area contributed by atoms with Crippen LogP contribution in [0.3, 0.4) is 0 Å². The van der Waals surface area contributed by atoms with Crippen molar-refractivity contribution in [3.8, 4) is 0 Å². The van der Waals surface area contributed by atoms with Gasteiger partial charge in [0, 0.05) is 13.0 Å². The van der Waals surface area contributed by atoms with Gasteiger partial charge in [0.05, 0.1) is 0 Å². The standard InChI is InChI=1S/C4H5ClN2O/c5-4-3(8)1-2-6-7-4/h6H,1-2H2. The van der Waals surface area contributed by atoms with Crippen LogP contribution in [-0.2, 0) is 4.79 Å². The molecule has 44 valence electrons. The Hall–Kier alpha value is -0.570. The molecule has 0 unspecified atom stereocenters. The van der Waals surface area contributed by atoms with Gasteiger partial charge in [0.1, 0.15) is 0 Å². The minimum absolute atomic E-state index is 0.0660. The second-order valence-corrected chi connectivity index (χ2v) is 1.84. The number of carbonyl (C=O) groups is 1. The van der Waals surface area contributed by atoms with E-state index in [1.807, 2.05) is 0 Å². The highest BCUT2D eigenvalue weighted by Crippen LogP contribution is 1.95. The topological polar surface area (TPSA) is 41.5 Å². The second kappa shape index (κ2) is 2.13. The maximum absolute atomic E-state index is 10.5. The quantitative estimate of drug-likeness (QED) is 0.508.